The smallest absolute Gasteiger partial charge is 0.147 e. The Morgan fingerprint density at radius 2 is 1.95 bits per heavy atom. The number of aromatic nitrogens is 1. The number of hydrogen-bond acceptors (Lipinski definition) is 4. The number of nitrogens with zero attached hydrogens (tertiary/aromatic N) is 1. The van der Waals surface area contributed by atoms with Crippen molar-refractivity contribution in [1.82, 2.24) is 4.98 Å². The van der Waals surface area contributed by atoms with Gasteiger partial charge in [-0.15, -0.1) is 0 Å². The van der Waals surface area contributed by atoms with Gasteiger partial charge >= 0.3 is 0 Å². The summed E-state index contributed by atoms with van der Waals surface area (Å²) in [6.45, 7) is 4.50. The van der Waals surface area contributed by atoms with E-state index in [1.807, 2.05) is 0 Å². The minimum atomic E-state index is 0.360. The first-order valence-corrected chi connectivity index (χ1v) is 7.40. The first kappa shape index (κ1) is 14.7. The highest BCUT2D eigenvalue weighted by Crippen LogP contribution is 2.30. The number of rotatable bonds is 5. The van der Waals surface area contributed by atoms with Crippen molar-refractivity contribution in [2.75, 3.05) is 30.4 Å². The van der Waals surface area contributed by atoms with Crippen LogP contribution in [0.25, 0.3) is 0 Å². The fraction of sp³-hybridized carbons (Fsp3) is 0.615. The normalized spacial score (nSPS) is 16.4. The molecule has 1 saturated heterocycles. The number of pyridine rings is 1. The Morgan fingerprint density at radius 3 is 2.63 bits per heavy atom. The Labute approximate surface area is 123 Å². The van der Waals surface area contributed by atoms with Gasteiger partial charge in [-0.3, -0.25) is 0 Å². The van der Waals surface area contributed by atoms with Crippen LogP contribution in [0.2, 0.25) is 10.0 Å². The summed E-state index contributed by atoms with van der Waals surface area (Å²) in [4.78, 5) is 4.48. The van der Waals surface area contributed by atoms with Crippen LogP contribution in [-0.2, 0) is 4.74 Å². The summed E-state index contributed by atoms with van der Waals surface area (Å²) in [5, 5.41) is 7.68. The second-order valence-electron chi connectivity index (χ2n) is 4.61. The van der Waals surface area contributed by atoms with Crippen LogP contribution in [0.15, 0.2) is 6.07 Å². The zero-order chi connectivity index (χ0) is 13.7. The van der Waals surface area contributed by atoms with Crippen LogP contribution in [0.1, 0.15) is 26.2 Å². The average Bonchev–Trinajstić information content (AvgIpc) is 2.42. The lowest BCUT2D eigenvalue weighted by molar-refractivity contribution is 0.0904. The molecular weight excluding hydrogens is 285 g/mol. The third kappa shape index (κ3) is 4.13. The number of anilines is 2. The van der Waals surface area contributed by atoms with Gasteiger partial charge in [-0.25, -0.2) is 4.98 Å². The molecule has 0 spiro atoms. The number of nitrogens with one attached hydrogen (secondary N) is 2. The van der Waals surface area contributed by atoms with Gasteiger partial charge in [0, 0.05) is 25.8 Å². The molecule has 4 nitrogen and oxygen atoms in total. The molecule has 1 aromatic rings. The molecule has 1 aliphatic rings. The van der Waals surface area contributed by atoms with E-state index in [0.29, 0.717) is 27.7 Å². The van der Waals surface area contributed by atoms with Gasteiger partial charge in [0.25, 0.3) is 0 Å². The van der Waals surface area contributed by atoms with Crippen LogP contribution in [0.5, 0.6) is 0 Å². The van der Waals surface area contributed by atoms with Crippen molar-refractivity contribution in [3.63, 3.8) is 0 Å². The molecule has 2 rings (SSSR count). The molecule has 106 valence electrons. The van der Waals surface area contributed by atoms with E-state index in [9.17, 15) is 0 Å². The summed E-state index contributed by atoms with van der Waals surface area (Å²) in [5.74, 6) is 1.37. The Bertz CT molecular complexity index is 423. The molecule has 0 atom stereocenters. The van der Waals surface area contributed by atoms with Gasteiger partial charge in [0.15, 0.2) is 0 Å². The van der Waals surface area contributed by atoms with Crippen molar-refractivity contribution in [2.45, 2.75) is 32.2 Å². The third-order valence-electron chi connectivity index (χ3n) is 3.03. The van der Waals surface area contributed by atoms with Crippen LogP contribution in [0.4, 0.5) is 11.6 Å². The standard InChI is InChI=1S/C13H19Cl2N3O/c1-2-5-16-12-10(14)8-11(15)13(18-12)17-9-3-6-19-7-4-9/h8-9H,2-7H2,1H3,(H2,16,17,18). The van der Waals surface area contributed by atoms with Gasteiger partial charge in [0.05, 0.1) is 10.0 Å². The second kappa shape index (κ2) is 7.17. The van der Waals surface area contributed by atoms with Crippen molar-refractivity contribution >= 4 is 34.8 Å². The summed E-state index contributed by atoms with van der Waals surface area (Å²) in [5.41, 5.74) is 0. The highest BCUT2D eigenvalue weighted by atomic mass is 35.5. The van der Waals surface area contributed by atoms with Crippen LogP contribution >= 0.6 is 23.2 Å². The molecule has 19 heavy (non-hydrogen) atoms. The molecular formula is C13H19Cl2N3O. The molecule has 0 bridgehead atoms. The molecule has 2 N–H and O–H groups in total. The van der Waals surface area contributed by atoms with Crippen molar-refractivity contribution in [3.05, 3.63) is 16.1 Å². The third-order valence-corrected chi connectivity index (χ3v) is 3.61. The maximum atomic E-state index is 6.19. The van der Waals surface area contributed by atoms with Gasteiger partial charge in [-0.1, -0.05) is 30.1 Å². The van der Waals surface area contributed by atoms with E-state index in [0.717, 1.165) is 39.0 Å². The fourth-order valence-corrected chi connectivity index (χ4v) is 2.45. The van der Waals surface area contributed by atoms with E-state index < -0.39 is 0 Å². The quantitative estimate of drug-likeness (QED) is 0.868. The van der Waals surface area contributed by atoms with Crippen molar-refractivity contribution in [3.8, 4) is 0 Å². The molecule has 0 unspecified atom stereocenters. The molecule has 0 aliphatic carbocycles. The molecule has 2 heterocycles. The van der Waals surface area contributed by atoms with Gasteiger partial charge in [0.2, 0.25) is 0 Å². The molecule has 0 saturated carbocycles. The minimum Gasteiger partial charge on any atom is -0.381 e. The second-order valence-corrected chi connectivity index (χ2v) is 5.42. The Kier molecular flexibility index (Phi) is 5.55. The highest BCUT2D eigenvalue weighted by molar-refractivity contribution is 6.37. The summed E-state index contributed by atoms with van der Waals surface area (Å²) in [6, 6.07) is 2.09. The Balaban J connectivity index is 2.09. The lowest BCUT2D eigenvalue weighted by atomic mass is 10.1. The summed E-state index contributed by atoms with van der Waals surface area (Å²) < 4.78 is 5.34. The first-order valence-electron chi connectivity index (χ1n) is 6.65. The predicted octanol–water partition coefficient (Wildman–Crippen LogP) is 3.80. The summed E-state index contributed by atoms with van der Waals surface area (Å²) >= 11 is 12.3. The van der Waals surface area contributed by atoms with Crippen LogP contribution in [-0.4, -0.2) is 30.8 Å². The Morgan fingerprint density at radius 1 is 1.26 bits per heavy atom. The maximum Gasteiger partial charge on any atom is 0.147 e. The fourth-order valence-electron chi connectivity index (χ4n) is 1.97. The topological polar surface area (TPSA) is 46.2 Å². The SMILES string of the molecule is CCCNc1nc(NC2CCOCC2)c(Cl)cc1Cl. The molecule has 0 amide bonds. The zero-order valence-electron chi connectivity index (χ0n) is 11.0. The summed E-state index contributed by atoms with van der Waals surface area (Å²) in [7, 11) is 0. The van der Waals surface area contributed by atoms with E-state index in [1.54, 1.807) is 6.07 Å². The van der Waals surface area contributed by atoms with Crippen molar-refractivity contribution in [2.24, 2.45) is 0 Å². The molecule has 6 heteroatoms. The predicted molar refractivity (Wildman–Crippen MR) is 80.5 cm³/mol. The van der Waals surface area contributed by atoms with E-state index in [1.165, 1.54) is 0 Å². The molecule has 1 fully saturated rings. The van der Waals surface area contributed by atoms with E-state index in [2.05, 4.69) is 22.5 Å². The van der Waals surface area contributed by atoms with E-state index in [4.69, 9.17) is 27.9 Å². The number of halogens is 2. The minimum absolute atomic E-state index is 0.360. The lowest BCUT2D eigenvalue weighted by Crippen LogP contribution is -2.28. The van der Waals surface area contributed by atoms with Crippen LogP contribution in [0, 0.1) is 0 Å². The van der Waals surface area contributed by atoms with Gasteiger partial charge < -0.3 is 15.4 Å². The van der Waals surface area contributed by atoms with Crippen molar-refractivity contribution in [1.29, 1.82) is 0 Å². The molecule has 0 radical (unpaired) electrons. The average molecular weight is 304 g/mol. The monoisotopic (exact) mass is 303 g/mol. The van der Waals surface area contributed by atoms with Crippen LogP contribution in [0.3, 0.4) is 0 Å². The first-order chi connectivity index (χ1) is 9.20. The van der Waals surface area contributed by atoms with E-state index in [-0.39, 0.29) is 0 Å². The number of hydrogen-bond donors (Lipinski definition) is 2. The lowest BCUT2D eigenvalue weighted by Gasteiger charge is -2.24. The molecule has 0 aromatic carbocycles. The highest BCUT2D eigenvalue weighted by Gasteiger charge is 2.16. The summed E-state index contributed by atoms with van der Waals surface area (Å²) in [6.07, 6.45) is 2.96. The zero-order valence-corrected chi connectivity index (χ0v) is 12.5. The number of ether oxygens (including phenoxy) is 1. The van der Waals surface area contributed by atoms with E-state index >= 15 is 0 Å². The van der Waals surface area contributed by atoms with Gasteiger partial charge in [-0.05, 0) is 25.3 Å². The van der Waals surface area contributed by atoms with Crippen molar-refractivity contribution < 1.29 is 4.74 Å². The molecule has 1 aliphatic heterocycles. The maximum absolute atomic E-state index is 6.19. The van der Waals surface area contributed by atoms with Crippen LogP contribution < -0.4 is 10.6 Å². The van der Waals surface area contributed by atoms with Gasteiger partial charge in [-0.2, -0.15) is 0 Å². The Hall–Kier alpha value is -0.710. The molecule has 1 aromatic heterocycles. The van der Waals surface area contributed by atoms with Gasteiger partial charge in [0.1, 0.15) is 11.6 Å². The largest absolute Gasteiger partial charge is 0.381 e.